The summed E-state index contributed by atoms with van der Waals surface area (Å²) < 4.78 is 38.8. The van der Waals surface area contributed by atoms with Gasteiger partial charge in [0.05, 0.1) is 11.1 Å². The van der Waals surface area contributed by atoms with Crippen LogP contribution in [0.3, 0.4) is 0 Å². The normalized spacial score (nSPS) is 17.6. The van der Waals surface area contributed by atoms with Gasteiger partial charge < -0.3 is 10.2 Å². The van der Waals surface area contributed by atoms with Gasteiger partial charge in [-0.1, -0.05) is 6.07 Å². The average Bonchev–Trinajstić information content (AvgIpc) is 2.84. The molecule has 0 amide bonds. The minimum Gasteiger partial charge on any atom is -0.309 e. The fraction of sp³-hybridized carbons (Fsp3) is 0.533. The monoisotopic (exact) mass is 329 g/mol. The molecule has 1 unspecified atom stereocenters. The molecule has 1 N–H and O–H groups in total. The van der Waals surface area contributed by atoms with Crippen molar-refractivity contribution in [3.8, 4) is 6.07 Å². The van der Waals surface area contributed by atoms with Gasteiger partial charge in [-0.2, -0.15) is 18.4 Å². The van der Waals surface area contributed by atoms with E-state index in [1.165, 1.54) is 17.8 Å². The first kappa shape index (κ1) is 17.1. The van der Waals surface area contributed by atoms with Gasteiger partial charge >= 0.3 is 6.18 Å². The molecule has 0 aromatic heterocycles. The molecule has 0 radical (unpaired) electrons. The summed E-state index contributed by atoms with van der Waals surface area (Å²) in [5, 5.41) is 12.5. The zero-order valence-corrected chi connectivity index (χ0v) is 13.3. The van der Waals surface area contributed by atoms with Gasteiger partial charge in [-0.25, -0.2) is 0 Å². The highest BCUT2D eigenvalue weighted by Crippen LogP contribution is 2.44. The number of halogens is 3. The molecule has 1 aromatic rings. The molecule has 0 saturated carbocycles. The highest BCUT2D eigenvalue weighted by atomic mass is 32.2. The van der Waals surface area contributed by atoms with Crippen molar-refractivity contribution in [3.05, 3.63) is 28.8 Å². The van der Waals surface area contributed by atoms with Crippen LogP contribution in [0.25, 0.3) is 0 Å². The van der Waals surface area contributed by atoms with Crippen LogP contribution < -0.4 is 5.32 Å². The standard InChI is InChI=1S/C15H18F3N3S/c1-21(2)7-3-6-20-13-9-22-14-10(13)4-5-12(11(14)8-19)15(16,17)18/h4-5,13,20H,3,6-7,9H2,1-2H3. The van der Waals surface area contributed by atoms with Gasteiger partial charge in [0.1, 0.15) is 6.07 Å². The van der Waals surface area contributed by atoms with E-state index in [0.717, 1.165) is 31.1 Å². The van der Waals surface area contributed by atoms with Crippen molar-refractivity contribution in [3.63, 3.8) is 0 Å². The SMILES string of the molecule is CN(C)CCCNC1CSc2c1ccc(C(F)(F)F)c2C#N. The Morgan fingerprint density at radius 2 is 2.14 bits per heavy atom. The summed E-state index contributed by atoms with van der Waals surface area (Å²) in [6.45, 7) is 1.75. The third-order valence-corrected chi connectivity index (χ3v) is 4.78. The quantitative estimate of drug-likeness (QED) is 0.842. The summed E-state index contributed by atoms with van der Waals surface area (Å²) in [6.07, 6.45) is -3.52. The van der Waals surface area contributed by atoms with Crippen LogP contribution >= 0.6 is 11.8 Å². The number of nitrogens with one attached hydrogen (secondary N) is 1. The number of thioether (sulfide) groups is 1. The van der Waals surface area contributed by atoms with Crippen LogP contribution in [0.15, 0.2) is 17.0 Å². The first-order valence-electron chi connectivity index (χ1n) is 6.99. The van der Waals surface area contributed by atoms with Gasteiger partial charge in [0, 0.05) is 16.7 Å². The third-order valence-electron chi connectivity index (χ3n) is 3.55. The van der Waals surface area contributed by atoms with Crippen LogP contribution in [0, 0.1) is 11.3 Å². The molecule has 22 heavy (non-hydrogen) atoms. The fourth-order valence-electron chi connectivity index (χ4n) is 2.47. The highest BCUT2D eigenvalue weighted by molar-refractivity contribution is 7.99. The Labute approximate surface area is 132 Å². The van der Waals surface area contributed by atoms with Crippen molar-refractivity contribution in [2.45, 2.75) is 23.5 Å². The number of benzene rings is 1. The number of rotatable bonds is 5. The molecule has 1 heterocycles. The van der Waals surface area contributed by atoms with E-state index in [-0.39, 0.29) is 11.6 Å². The van der Waals surface area contributed by atoms with Crippen molar-refractivity contribution >= 4 is 11.8 Å². The van der Waals surface area contributed by atoms with Gasteiger partial charge in [0.25, 0.3) is 0 Å². The largest absolute Gasteiger partial charge is 0.417 e. The Hall–Kier alpha value is -1.23. The first-order chi connectivity index (χ1) is 10.3. The second-order valence-corrected chi connectivity index (χ2v) is 6.52. The Morgan fingerprint density at radius 3 is 2.73 bits per heavy atom. The van der Waals surface area contributed by atoms with E-state index in [9.17, 15) is 13.2 Å². The van der Waals surface area contributed by atoms with E-state index < -0.39 is 11.7 Å². The lowest BCUT2D eigenvalue weighted by Crippen LogP contribution is -2.25. The Bertz CT molecular complexity index is 579. The third kappa shape index (κ3) is 3.75. The summed E-state index contributed by atoms with van der Waals surface area (Å²) in [6, 6.07) is 4.27. The minimum absolute atomic E-state index is 0.0107. The molecule has 3 nitrogen and oxygen atoms in total. The Kier molecular flexibility index (Phi) is 5.37. The molecule has 0 bridgehead atoms. The molecule has 0 spiro atoms. The second kappa shape index (κ2) is 6.90. The second-order valence-electron chi connectivity index (χ2n) is 5.49. The summed E-state index contributed by atoms with van der Waals surface area (Å²) in [5.74, 6) is 0.660. The lowest BCUT2D eigenvalue weighted by atomic mass is 10.0. The number of nitrogens with zero attached hydrogens (tertiary/aromatic N) is 2. The van der Waals surface area contributed by atoms with Crippen LogP contribution in [0.1, 0.15) is 29.2 Å². The first-order valence-corrected chi connectivity index (χ1v) is 7.98. The molecule has 120 valence electrons. The predicted octanol–water partition coefficient (Wildman–Crippen LogP) is 3.27. The van der Waals surface area contributed by atoms with E-state index in [1.54, 1.807) is 6.07 Å². The van der Waals surface area contributed by atoms with Gasteiger partial charge in [-0.15, -0.1) is 11.8 Å². The summed E-state index contributed by atoms with van der Waals surface area (Å²) in [7, 11) is 4.00. The van der Waals surface area contributed by atoms with Gasteiger partial charge in [-0.05, 0) is 45.2 Å². The lowest BCUT2D eigenvalue weighted by molar-refractivity contribution is -0.137. The van der Waals surface area contributed by atoms with Crippen LogP contribution in [-0.4, -0.2) is 37.8 Å². The summed E-state index contributed by atoms with van der Waals surface area (Å²) in [4.78, 5) is 2.56. The number of hydrogen-bond acceptors (Lipinski definition) is 4. The molecule has 0 saturated heterocycles. The molecule has 1 aliphatic rings. The van der Waals surface area contributed by atoms with E-state index in [1.807, 2.05) is 14.1 Å². The lowest BCUT2D eigenvalue weighted by Gasteiger charge is -2.16. The maximum atomic E-state index is 12.9. The van der Waals surface area contributed by atoms with Crippen molar-refractivity contribution in [1.29, 1.82) is 5.26 Å². The van der Waals surface area contributed by atoms with Crippen molar-refractivity contribution in [2.75, 3.05) is 32.9 Å². The molecule has 1 atom stereocenters. The van der Waals surface area contributed by atoms with Crippen LogP contribution in [0.4, 0.5) is 13.2 Å². The zero-order valence-electron chi connectivity index (χ0n) is 12.5. The molecular formula is C15H18F3N3S. The van der Waals surface area contributed by atoms with Crippen molar-refractivity contribution in [2.24, 2.45) is 0 Å². The molecule has 0 aliphatic carbocycles. The zero-order chi connectivity index (χ0) is 16.3. The highest BCUT2D eigenvalue weighted by Gasteiger charge is 2.37. The van der Waals surface area contributed by atoms with Crippen LogP contribution in [-0.2, 0) is 6.18 Å². The van der Waals surface area contributed by atoms with E-state index in [4.69, 9.17) is 5.26 Å². The van der Waals surface area contributed by atoms with Crippen LogP contribution in [0.5, 0.6) is 0 Å². The Balaban J connectivity index is 2.15. The van der Waals surface area contributed by atoms with Crippen LogP contribution in [0.2, 0.25) is 0 Å². The van der Waals surface area contributed by atoms with Gasteiger partial charge in [-0.3, -0.25) is 0 Å². The molecule has 7 heteroatoms. The summed E-state index contributed by atoms with van der Waals surface area (Å²) >= 11 is 1.33. The molecule has 1 aliphatic heterocycles. The molecule has 1 aromatic carbocycles. The van der Waals surface area contributed by atoms with Crippen molar-refractivity contribution < 1.29 is 13.2 Å². The van der Waals surface area contributed by atoms with Crippen molar-refractivity contribution in [1.82, 2.24) is 10.2 Å². The maximum absolute atomic E-state index is 12.9. The maximum Gasteiger partial charge on any atom is 0.417 e. The van der Waals surface area contributed by atoms with E-state index in [2.05, 4.69) is 10.2 Å². The Morgan fingerprint density at radius 1 is 1.41 bits per heavy atom. The molecule has 0 fully saturated rings. The summed E-state index contributed by atoms with van der Waals surface area (Å²) in [5.41, 5.74) is -0.276. The van der Waals surface area contributed by atoms with Gasteiger partial charge in [0.2, 0.25) is 0 Å². The smallest absolute Gasteiger partial charge is 0.309 e. The average molecular weight is 329 g/mol. The van der Waals surface area contributed by atoms with Gasteiger partial charge in [0.15, 0.2) is 0 Å². The minimum atomic E-state index is -4.49. The number of alkyl halides is 3. The number of fused-ring (bicyclic) bond motifs is 1. The molecule has 2 rings (SSSR count). The number of hydrogen-bond donors (Lipinski definition) is 1. The molecular weight excluding hydrogens is 311 g/mol. The number of nitriles is 1. The predicted molar refractivity (Wildman–Crippen MR) is 80.8 cm³/mol. The topological polar surface area (TPSA) is 39.1 Å². The fourth-order valence-corrected chi connectivity index (χ4v) is 3.78. The van der Waals surface area contributed by atoms with E-state index >= 15 is 0 Å². The van der Waals surface area contributed by atoms with E-state index in [0.29, 0.717) is 10.6 Å².